The molecular weight excluding hydrogens is 332 g/mol. The lowest BCUT2D eigenvalue weighted by molar-refractivity contribution is 0.407. The van der Waals surface area contributed by atoms with Crippen LogP contribution in [-0.2, 0) is 6.54 Å². The second-order valence-electron chi connectivity index (χ2n) is 6.42. The van der Waals surface area contributed by atoms with E-state index >= 15 is 0 Å². The number of halogens is 1. The number of likely N-dealkylation sites (tertiary alicyclic amines) is 1. The zero-order chi connectivity index (χ0) is 17.8. The topological polar surface area (TPSA) is 54.1 Å². The van der Waals surface area contributed by atoms with Crippen molar-refractivity contribution >= 4 is 17.3 Å². The van der Waals surface area contributed by atoms with Gasteiger partial charge in [0.25, 0.3) is 0 Å². The zero-order valence-corrected chi connectivity index (χ0v) is 14.9. The Hall–Kier alpha value is -2.53. The van der Waals surface area contributed by atoms with Gasteiger partial charge in [0.1, 0.15) is 6.07 Å². The van der Waals surface area contributed by atoms with Crippen LogP contribution in [0.3, 0.4) is 0 Å². The molecule has 25 heavy (non-hydrogen) atoms. The van der Waals surface area contributed by atoms with Crippen LogP contribution in [0.2, 0.25) is 5.02 Å². The van der Waals surface area contributed by atoms with Gasteiger partial charge in [-0.15, -0.1) is 0 Å². The van der Waals surface area contributed by atoms with Crippen LogP contribution in [0.4, 0.5) is 5.69 Å². The fourth-order valence-corrected chi connectivity index (χ4v) is 3.52. The molecule has 5 heteroatoms. The molecule has 0 saturated carbocycles. The van der Waals surface area contributed by atoms with Gasteiger partial charge in [-0.1, -0.05) is 23.7 Å². The van der Waals surface area contributed by atoms with E-state index in [4.69, 9.17) is 22.1 Å². The molecule has 0 spiro atoms. The lowest BCUT2D eigenvalue weighted by Crippen LogP contribution is -2.36. The van der Waals surface area contributed by atoms with Crippen molar-refractivity contribution in [2.45, 2.75) is 19.0 Å². The zero-order valence-electron chi connectivity index (χ0n) is 14.1. The molecule has 126 valence electrons. The maximum atomic E-state index is 9.14. The second kappa shape index (κ2) is 7.57. The first-order valence-electron chi connectivity index (χ1n) is 8.24. The Labute approximate surface area is 153 Å². The maximum absolute atomic E-state index is 9.14. The molecule has 1 aliphatic heterocycles. The predicted octanol–water partition coefficient (Wildman–Crippen LogP) is 3.79. The molecule has 0 bridgehead atoms. The summed E-state index contributed by atoms with van der Waals surface area (Å²) in [5.74, 6) is 0. The normalized spacial score (nSPS) is 17.0. The van der Waals surface area contributed by atoms with Gasteiger partial charge in [-0.3, -0.25) is 0 Å². The number of hydrogen-bond donors (Lipinski definition) is 0. The molecule has 1 heterocycles. The number of hydrogen-bond acceptors (Lipinski definition) is 4. The van der Waals surface area contributed by atoms with E-state index in [9.17, 15) is 0 Å². The number of nitriles is 2. The van der Waals surface area contributed by atoms with Gasteiger partial charge >= 0.3 is 0 Å². The second-order valence-corrected chi connectivity index (χ2v) is 6.83. The molecule has 0 N–H and O–H groups in total. The number of anilines is 1. The standard InChI is InChI=1S/C20H19ClN4/c1-24-8-7-19(14-24)25(13-16-4-2-3-15(9-16)11-22)18-6-5-17(12-23)20(21)10-18/h2-6,9-10,19H,7-8,13-14H2,1H3/t19-/m0/s1. The molecule has 1 atom stereocenters. The smallest absolute Gasteiger partial charge is 0.101 e. The molecule has 1 aliphatic rings. The van der Waals surface area contributed by atoms with Crippen LogP contribution in [0.25, 0.3) is 0 Å². The van der Waals surface area contributed by atoms with Crippen molar-refractivity contribution in [2.24, 2.45) is 0 Å². The van der Waals surface area contributed by atoms with E-state index in [1.807, 2.05) is 36.4 Å². The van der Waals surface area contributed by atoms with Gasteiger partial charge in [0.15, 0.2) is 0 Å². The molecule has 4 nitrogen and oxygen atoms in total. The molecule has 0 amide bonds. The molecule has 0 aromatic heterocycles. The monoisotopic (exact) mass is 350 g/mol. The minimum atomic E-state index is 0.375. The van der Waals surface area contributed by atoms with Crippen LogP contribution >= 0.6 is 11.6 Å². The van der Waals surface area contributed by atoms with Gasteiger partial charge in [0, 0.05) is 24.8 Å². The first-order chi connectivity index (χ1) is 12.1. The SMILES string of the molecule is CN1CC[C@H](N(Cc2cccc(C#N)c2)c2ccc(C#N)c(Cl)c2)C1. The molecule has 2 aromatic carbocycles. The highest BCUT2D eigenvalue weighted by molar-refractivity contribution is 6.32. The van der Waals surface area contributed by atoms with Crippen LogP contribution in [-0.4, -0.2) is 31.1 Å². The third-order valence-electron chi connectivity index (χ3n) is 4.62. The summed E-state index contributed by atoms with van der Waals surface area (Å²) in [5, 5.41) is 18.7. The largest absolute Gasteiger partial charge is 0.363 e. The van der Waals surface area contributed by atoms with E-state index in [0.29, 0.717) is 28.7 Å². The Bertz CT molecular complexity index is 850. The lowest BCUT2D eigenvalue weighted by atomic mass is 10.1. The first kappa shape index (κ1) is 17.3. The van der Waals surface area contributed by atoms with Crippen LogP contribution in [0.5, 0.6) is 0 Å². The van der Waals surface area contributed by atoms with Gasteiger partial charge in [0.05, 0.1) is 22.2 Å². The summed E-state index contributed by atoms with van der Waals surface area (Å²) in [5.41, 5.74) is 3.25. The minimum Gasteiger partial charge on any atom is -0.363 e. The van der Waals surface area contributed by atoms with E-state index in [0.717, 1.165) is 30.8 Å². The minimum absolute atomic E-state index is 0.375. The van der Waals surface area contributed by atoms with Crippen LogP contribution in [0.1, 0.15) is 23.1 Å². The van der Waals surface area contributed by atoms with Crippen molar-refractivity contribution in [1.29, 1.82) is 10.5 Å². The summed E-state index contributed by atoms with van der Waals surface area (Å²) in [7, 11) is 2.13. The van der Waals surface area contributed by atoms with Gasteiger partial charge in [0.2, 0.25) is 0 Å². The van der Waals surface area contributed by atoms with Crippen molar-refractivity contribution in [2.75, 3.05) is 25.0 Å². The number of benzene rings is 2. The fraction of sp³-hybridized carbons (Fsp3) is 0.300. The van der Waals surface area contributed by atoms with E-state index in [-0.39, 0.29) is 0 Å². The quantitative estimate of drug-likeness (QED) is 0.841. The molecule has 1 saturated heterocycles. The summed E-state index contributed by atoms with van der Waals surface area (Å²) in [6, 6.07) is 18.0. The summed E-state index contributed by atoms with van der Waals surface area (Å²) >= 11 is 6.26. The summed E-state index contributed by atoms with van der Waals surface area (Å²) in [6.45, 7) is 2.75. The predicted molar refractivity (Wildman–Crippen MR) is 99.4 cm³/mol. The number of rotatable bonds is 4. The highest BCUT2D eigenvalue weighted by atomic mass is 35.5. The third kappa shape index (κ3) is 3.94. The summed E-state index contributed by atoms with van der Waals surface area (Å²) < 4.78 is 0. The van der Waals surface area contributed by atoms with E-state index in [1.54, 1.807) is 6.07 Å². The molecule has 1 fully saturated rings. The lowest BCUT2D eigenvalue weighted by Gasteiger charge is -2.31. The van der Waals surface area contributed by atoms with Gasteiger partial charge in [-0.05, 0) is 55.9 Å². The van der Waals surface area contributed by atoms with Crippen LogP contribution < -0.4 is 4.90 Å². The highest BCUT2D eigenvalue weighted by Gasteiger charge is 2.26. The average Bonchev–Trinajstić information content (AvgIpc) is 3.06. The van der Waals surface area contributed by atoms with E-state index < -0.39 is 0 Å². The van der Waals surface area contributed by atoms with Gasteiger partial charge in [-0.25, -0.2) is 0 Å². The summed E-state index contributed by atoms with van der Waals surface area (Å²) in [4.78, 5) is 4.64. The highest BCUT2D eigenvalue weighted by Crippen LogP contribution is 2.29. The Morgan fingerprint density at radius 1 is 1.20 bits per heavy atom. The molecule has 0 radical (unpaired) electrons. The molecule has 0 unspecified atom stereocenters. The fourth-order valence-electron chi connectivity index (χ4n) is 3.31. The first-order valence-corrected chi connectivity index (χ1v) is 8.62. The van der Waals surface area contributed by atoms with Crippen LogP contribution in [0.15, 0.2) is 42.5 Å². The Balaban J connectivity index is 1.94. The Morgan fingerprint density at radius 3 is 2.68 bits per heavy atom. The van der Waals surface area contributed by atoms with Crippen molar-refractivity contribution in [3.63, 3.8) is 0 Å². The van der Waals surface area contributed by atoms with Crippen molar-refractivity contribution < 1.29 is 0 Å². The molecular formula is C20H19ClN4. The van der Waals surface area contributed by atoms with Crippen molar-refractivity contribution in [1.82, 2.24) is 4.90 Å². The number of nitrogens with zero attached hydrogens (tertiary/aromatic N) is 4. The number of likely N-dealkylation sites (N-methyl/N-ethyl adjacent to an activating group) is 1. The van der Waals surface area contributed by atoms with Gasteiger partial charge in [-0.2, -0.15) is 10.5 Å². The van der Waals surface area contributed by atoms with Crippen molar-refractivity contribution in [3.8, 4) is 12.1 Å². The summed E-state index contributed by atoms with van der Waals surface area (Å²) in [6.07, 6.45) is 1.08. The maximum Gasteiger partial charge on any atom is 0.101 e. The van der Waals surface area contributed by atoms with Crippen LogP contribution in [0, 0.1) is 22.7 Å². The van der Waals surface area contributed by atoms with E-state index in [2.05, 4.69) is 29.0 Å². The van der Waals surface area contributed by atoms with Crippen molar-refractivity contribution in [3.05, 3.63) is 64.2 Å². The van der Waals surface area contributed by atoms with Gasteiger partial charge < -0.3 is 9.80 Å². The third-order valence-corrected chi connectivity index (χ3v) is 4.93. The Kier molecular flexibility index (Phi) is 5.24. The molecule has 2 aromatic rings. The van der Waals surface area contributed by atoms with E-state index in [1.165, 1.54) is 0 Å². The molecule has 0 aliphatic carbocycles. The average molecular weight is 351 g/mol. The molecule has 3 rings (SSSR count). The Morgan fingerprint density at radius 2 is 2.04 bits per heavy atom.